The van der Waals surface area contributed by atoms with Crippen molar-refractivity contribution in [1.29, 1.82) is 0 Å². The van der Waals surface area contributed by atoms with Crippen molar-refractivity contribution in [3.8, 4) is 11.3 Å². The number of amides is 1. The summed E-state index contributed by atoms with van der Waals surface area (Å²) in [5.41, 5.74) is 3.11. The molecule has 1 N–H and O–H groups in total. The van der Waals surface area contributed by atoms with Crippen LogP contribution >= 0.6 is 11.3 Å². The fourth-order valence-corrected chi connectivity index (χ4v) is 3.97. The number of esters is 1. The molecule has 27 heavy (non-hydrogen) atoms. The maximum absolute atomic E-state index is 12.3. The normalized spacial score (nSPS) is 15.9. The van der Waals surface area contributed by atoms with Crippen LogP contribution in [0.5, 0.6) is 0 Å². The van der Waals surface area contributed by atoms with Gasteiger partial charge in [0, 0.05) is 10.9 Å². The fraction of sp³-hybridized carbons (Fsp3) is 0.476. The summed E-state index contributed by atoms with van der Waals surface area (Å²) in [7, 11) is 0. The highest BCUT2D eigenvalue weighted by Gasteiger charge is 2.26. The van der Waals surface area contributed by atoms with Crippen LogP contribution in [-0.4, -0.2) is 23.0 Å². The van der Waals surface area contributed by atoms with E-state index in [0.717, 1.165) is 43.4 Å². The van der Waals surface area contributed by atoms with E-state index in [0.29, 0.717) is 5.13 Å². The highest BCUT2D eigenvalue weighted by atomic mass is 32.1. The van der Waals surface area contributed by atoms with Crippen molar-refractivity contribution in [2.24, 2.45) is 5.92 Å². The second-order valence-corrected chi connectivity index (χ2v) is 7.85. The molecular formula is C21H26N2O3S. The Hall–Kier alpha value is -2.21. The van der Waals surface area contributed by atoms with Crippen LogP contribution in [0, 0.1) is 5.92 Å². The summed E-state index contributed by atoms with van der Waals surface area (Å²) in [6, 6.07) is 8.24. The van der Waals surface area contributed by atoms with Gasteiger partial charge in [-0.2, -0.15) is 0 Å². The molecule has 0 spiro atoms. The van der Waals surface area contributed by atoms with Crippen molar-refractivity contribution >= 4 is 28.3 Å². The summed E-state index contributed by atoms with van der Waals surface area (Å²) in [6.07, 6.45) is 5.18. The summed E-state index contributed by atoms with van der Waals surface area (Å²) in [6.45, 7) is 3.72. The minimum atomic E-state index is -0.824. The SMILES string of the molecule is CCc1ccc(-c2csc(NC(=O)[C@H](C)OC(=O)C3CCCCC3)n2)cc1. The van der Waals surface area contributed by atoms with Crippen LogP contribution in [0.1, 0.15) is 51.5 Å². The van der Waals surface area contributed by atoms with Gasteiger partial charge in [-0.3, -0.25) is 14.9 Å². The molecule has 5 nitrogen and oxygen atoms in total. The predicted molar refractivity (Wildman–Crippen MR) is 108 cm³/mol. The highest BCUT2D eigenvalue weighted by molar-refractivity contribution is 7.14. The predicted octanol–water partition coefficient (Wildman–Crippen LogP) is 4.82. The summed E-state index contributed by atoms with van der Waals surface area (Å²) >= 11 is 1.36. The number of thiazole rings is 1. The number of hydrogen-bond donors (Lipinski definition) is 1. The average molecular weight is 387 g/mol. The molecule has 0 radical (unpaired) electrons. The smallest absolute Gasteiger partial charge is 0.309 e. The first-order valence-electron chi connectivity index (χ1n) is 9.63. The van der Waals surface area contributed by atoms with Crippen LogP contribution in [0.25, 0.3) is 11.3 Å². The van der Waals surface area contributed by atoms with Gasteiger partial charge in [0.05, 0.1) is 11.6 Å². The number of carbonyl (C=O) groups excluding carboxylic acids is 2. The zero-order chi connectivity index (χ0) is 19.2. The number of benzene rings is 1. The van der Waals surface area contributed by atoms with Crippen molar-refractivity contribution in [2.75, 3.05) is 5.32 Å². The first-order chi connectivity index (χ1) is 13.1. The van der Waals surface area contributed by atoms with Crippen LogP contribution in [0.2, 0.25) is 0 Å². The van der Waals surface area contributed by atoms with Crippen LogP contribution in [0.4, 0.5) is 5.13 Å². The molecule has 1 aliphatic carbocycles. The topological polar surface area (TPSA) is 68.3 Å². The molecule has 1 aromatic carbocycles. The number of ether oxygens (including phenoxy) is 1. The van der Waals surface area contributed by atoms with Gasteiger partial charge in [0.25, 0.3) is 5.91 Å². The lowest BCUT2D eigenvalue weighted by Gasteiger charge is -2.21. The van der Waals surface area contributed by atoms with Crippen LogP contribution in [0.3, 0.4) is 0 Å². The van der Waals surface area contributed by atoms with Crippen molar-refractivity contribution in [2.45, 2.75) is 58.5 Å². The maximum atomic E-state index is 12.3. The van der Waals surface area contributed by atoms with Crippen molar-refractivity contribution in [3.63, 3.8) is 0 Å². The first kappa shape index (κ1) is 19.5. The van der Waals surface area contributed by atoms with E-state index in [1.807, 2.05) is 17.5 Å². The maximum Gasteiger partial charge on any atom is 0.309 e. The average Bonchev–Trinajstić information content (AvgIpc) is 3.17. The lowest BCUT2D eigenvalue weighted by Crippen LogP contribution is -2.32. The number of hydrogen-bond acceptors (Lipinski definition) is 5. The Morgan fingerprint density at radius 1 is 1.22 bits per heavy atom. The van der Waals surface area contributed by atoms with Crippen LogP contribution in [0.15, 0.2) is 29.6 Å². The van der Waals surface area contributed by atoms with E-state index in [4.69, 9.17) is 4.74 Å². The third-order valence-electron chi connectivity index (χ3n) is 4.99. The van der Waals surface area contributed by atoms with Gasteiger partial charge < -0.3 is 4.74 Å². The van der Waals surface area contributed by atoms with Crippen molar-refractivity contribution in [1.82, 2.24) is 4.98 Å². The standard InChI is InChI=1S/C21H26N2O3S/c1-3-15-9-11-16(12-10-15)18-13-27-21(22-18)23-19(24)14(2)26-20(25)17-7-5-4-6-8-17/h9-14,17H,3-8H2,1-2H3,(H,22,23,24)/t14-/m0/s1. The largest absolute Gasteiger partial charge is 0.452 e. The number of nitrogens with zero attached hydrogens (tertiary/aromatic N) is 1. The van der Waals surface area contributed by atoms with E-state index < -0.39 is 6.10 Å². The number of aromatic nitrogens is 1. The number of aryl methyl sites for hydroxylation is 1. The Bertz CT molecular complexity index is 779. The quantitative estimate of drug-likeness (QED) is 0.723. The lowest BCUT2D eigenvalue weighted by atomic mass is 9.89. The van der Waals surface area contributed by atoms with Crippen molar-refractivity contribution < 1.29 is 14.3 Å². The lowest BCUT2D eigenvalue weighted by molar-refractivity contribution is -0.158. The van der Waals surface area contributed by atoms with E-state index in [2.05, 4.69) is 29.4 Å². The van der Waals surface area contributed by atoms with Gasteiger partial charge >= 0.3 is 5.97 Å². The monoisotopic (exact) mass is 386 g/mol. The van der Waals surface area contributed by atoms with E-state index in [9.17, 15) is 9.59 Å². The molecule has 144 valence electrons. The molecule has 1 atom stereocenters. The molecule has 1 heterocycles. The molecule has 1 aliphatic rings. The van der Waals surface area contributed by atoms with Gasteiger partial charge in [-0.1, -0.05) is 50.5 Å². The fourth-order valence-electron chi connectivity index (χ4n) is 3.24. The molecule has 1 aromatic heterocycles. The number of anilines is 1. The zero-order valence-corrected chi connectivity index (χ0v) is 16.7. The first-order valence-corrected chi connectivity index (χ1v) is 10.5. The second-order valence-electron chi connectivity index (χ2n) is 6.99. The number of carbonyl (C=O) groups is 2. The van der Waals surface area contributed by atoms with Gasteiger partial charge in [-0.25, -0.2) is 4.98 Å². The molecule has 1 amide bonds. The summed E-state index contributed by atoms with van der Waals surface area (Å²) in [5.74, 6) is -0.666. The Kier molecular flexibility index (Phi) is 6.61. The molecule has 2 aromatic rings. The van der Waals surface area contributed by atoms with E-state index in [-0.39, 0.29) is 17.8 Å². The number of nitrogens with one attached hydrogen (secondary N) is 1. The van der Waals surface area contributed by atoms with E-state index in [1.165, 1.54) is 23.3 Å². The van der Waals surface area contributed by atoms with Crippen LogP contribution in [-0.2, 0) is 20.7 Å². The molecule has 0 bridgehead atoms. The molecule has 3 rings (SSSR count). The molecule has 1 fully saturated rings. The Balaban J connectivity index is 1.55. The molecular weight excluding hydrogens is 360 g/mol. The molecule has 0 aliphatic heterocycles. The van der Waals surface area contributed by atoms with Gasteiger partial charge in [-0.15, -0.1) is 11.3 Å². The summed E-state index contributed by atoms with van der Waals surface area (Å²) in [4.78, 5) is 29.0. The Labute approximate surface area is 164 Å². The van der Waals surface area contributed by atoms with E-state index in [1.54, 1.807) is 6.92 Å². The Morgan fingerprint density at radius 2 is 1.93 bits per heavy atom. The van der Waals surface area contributed by atoms with Crippen molar-refractivity contribution in [3.05, 3.63) is 35.2 Å². The Morgan fingerprint density at radius 3 is 2.59 bits per heavy atom. The van der Waals surface area contributed by atoms with E-state index >= 15 is 0 Å². The third kappa shape index (κ3) is 5.16. The highest BCUT2D eigenvalue weighted by Crippen LogP contribution is 2.27. The minimum absolute atomic E-state index is 0.0634. The number of rotatable bonds is 6. The summed E-state index contributed by atoms with van der Waals surface area (Å²) in [5, 5.41) is 5.18. The second kappa shape index (κ2) is 9.13. The molecule has 0 saturated heterocycles. The third-order valence-corrected chi connectivity index (χ3v) is 5.75. The van der Waals surface area contributed by atoms with Gasteiger partial charge in [0.2, 0.25) is 0 Å². The van der Waals surface area contributed by atoms with Gasteiger partial charge in [0.15, 0.2) is 11.2 Å². The minimum Gasteiger partial charge on any atom is -0.452 e. The van der Waals surface area contributed by atoms with Gasteiger partial charge in [-0.05, 0) is 31.7 Å². The van der Waals surface area contributed by atoms with Gasteiger partial charge in [0.1, 0.15) is 0 Å². The molecule has 1 saturated carbocycles. The zero-order valence-electron chi connectivity index (χ0n) is 15.9. The van der Waals surface area contributed by atoms with Crippen LogP contribution < -0.4 is 5.32 Å². The summed E-state index contributed by atoms with van der Waals surface area (Å²) < 4.78 is 5.37. The molecule has 0 unspecified atom stereocenters. The molecule has 6 heteroatoms.